The van der Waals surface area contributed by atoms with E-state index in [9.17, 15) is 32.2 Å². The zero-order chi connectivity index (χ0) is 21.6. The number of aryl methyl sites for hydroxylation is 1. The van der Waals surface area contributed by atoms with Crippen LogP contribution < -0.4 is 0 Å². The Morgan fingerprint density at radius 2 is 1.17 bits per heavy atom. The fraction of sp³-hybridized carbons (Fsp3) is 0.182. The zero-order valence-corrected chi connectivity index (χ0v) is 15.5. The molecule has 2 nitrogen and oxygen atoms in total. The maximum atomic E-state index is 14.1. The summed E-state index contributed by atoms with van der Waals surface area (Å²) in [5, 5.41) is 19.0. The minimum Gasteiger partial charge on any atom is -0.505 e. The third kappa shape index (κ3) is 3.64. The highest BCUT2D eigenvalue weighted by atomic mass is 19.4. The molecule has 0 bridgehead atoms. The van der Waals surface area contributed by atoms with Crippen LogP contribution in [0.5, 0.6) is 11.5 Å². The highest BCUT2D eigenvalue weighted by Gasteiger charge is 2.42. The van der Waals surface area contributed by atoms with Gasteiger partial charge in [-0.2, -0.15) is 13.2 Å². The highest BCUT2D eigenvalue weighted by Crippen LogP contribution is 2.46. The Balaban J connectivity index is 2.41. The number of halogens is 5. The molecule has 152 valence electrons. The normalized spacial score (nSPS) is 12.2. The van der Waals surface area contributed by atoms with Gasteiger partial charge in [0.2, 0.25) is 0 Å². The molecule has 3 aromatic carbocycles. The quantitative estimate of drug-likeness (QED) is 0.409. The predicted molar refractivity (Wildman–Crippen MR) is 97.9 cm³/mol. The molecule has 0 aliphatic carbocycles. The van der Waals surface area contributed by atoms with Gasteiger partial charge in [-0.25, -0.2) is 8.78 Å². The Morgan fingerprint density at radius 1 is 0.690 bits per heavy atom. The molecule has 0 fully saturated rings. The Morgan fingerprint density at radius 3 is 1.59 bits per heavy atom. The van der Waals surface area contributed by atoms with Crippen LogP contribution in [0.4, 0.5) is 22.0 Å². The second-order valence-corrected chi connectivity index (χ2v) is 7.00. The first-order valence-electron chi connectivity index (χ1n) is 8.61. The van der Waals surface area contributed by atoms with Crippen LogP contribution in [-0.4, -0.2) is 10.2 Å². The van der Waals surface area contributed by atoms with Crippen LogP contribution in [0.2, 0.25) is 0 Å². The van der Waals surface area contributed by atoms with Gasteiger partial charge in [-0.1, -0.05) is 29.8 Å². The fourth-order valence-corrected chi connectivity index (χ4v) is 3.44. The van der Waals surface area contributed by atoms with E-state index in [1.54, 1.807) is 0 Å². The molecule has 3 rings (SSSR count). The lowest BCUT2D eigenvalue weighted by atomic mass is 9.69. The van der Waals surface area contributed by atoms with Gasteiger partial charge in [0.1, 0.15) is 0 Å². The first kappa shape index (κ1) is 20.6. The van der Waals surface area contributed by atoms with Gasteiger partial charge < -0.3 is 10.2 Å². The highest BCUT2D eigenvalue weighted by molar-refractivity contribution is 5.55. The Bertz CT molecular complexity index is 1020. The number of alkyl halides is 3. The number of benzene rings is 3. The van der Waals surface area contributed by atoms with Crippen LogP contribution in [0, 0.1) is 18.6 Å². The van der Waals surface area contributed by atoms with Gasteiger partial charge in [0.25, 0.3) is 0 Å². The predicted octanol–water partition coefficient (Wildman–Crippen LogP) is 6.06. The average molecular weight is 408 g/mol. The number of phenols is 2. The van der Waals surface area contributed by atoms with Crippen LogP contribution in [0.15, 0.2) is 54.6 Å². The molecule has 29 heavy (non-hydrogen) atoms. The van der Waals surface area contributed by atoms with E-state index < -0.39 is 40.3 Å². The minimum absolute atomic E-state index is 0.0762. The second-order valence-electron chi connectivity index (χ2n) is 7.00. The third-order valence-corrected chi connectivity index (χ3v) is 5.07. The third-order valence-electron chi connectivity index (χ3n) is 5.07. The molecule has 0 radical (unpaired) electrons. The van der Waals surface area contributed by atoms with Crippen LogP contribution in [0.3, 0.4) is 0 Å². The molecular weight excluding hydrogens is 391 g/mol. The molecule has 7 heteroatoms. The summed E-state index contributed by atoms with van der Waals surface area (Å²) in [5.74, 6) is -3.36. The van der Waals surface area contributed by atoms with Crippen molar-refractivity contribution in [3.05, 3.63) is 94.0 Å². The molecule has 0 unspecified atom stereocenters. The van der Waals surface area contributed by atoms with E-state index in [0.29, 0.717) is 5.56 Å². The van der Waals surface area contributed by atoms with Crippen LogP contribution in [0.1, 0.15) is 34.7 Å². The SMILES string of the molecule is Cc1ccc(C(C)(c2ccc(O)c(F)c2)c2ccc(O)c(F)c2)c(C(F)(F)F)c1. The number of rotatable bonds is 3. The van der Waals surface area contributed by atoms with Crippen molar-refractivity contribution in [3.8, 4) is 11.5 Å². The molecule has 3 aromatic rings. The van der Waals surface area contributed by atoms with Crippen LogP contribution in [-0.2, 0) is 11.6 Å². The first-order chi connectivity index (χ1) is 13.4. The van der Waals surface area contributed by atoms with Gasteiger partial charge in [-0.05, 0) is 60.9 Å². The van der Waals surface area contributed by atoms with Crippen molar-refractivity contribution in [1.29, 1.82) is 0 Å². The lowest BCUT2D eigenvalue weighted by molar-refractivity contribution is -0.138. The fourth-order valence-electron chi connectivity index (χ4n) is 3.44. The molecule has 0 saturated heterocycles. The number of aromatic hydroxyl groups is 2. The standard InChI is InChI=1S/C22H17F5O2/c1-12-3-6-15(16(9-12)22(25,26)27)21(2,13-4-7-19(28)17(23)10-13)14-5-8-20(29)18(24)11-14/h3-11,28-29H,1-2H3. The second kappa shape index (κ2) is 7.06. The van der Waals surface area contributed by atoms with Gasteiger partial charge in [-0.3, -0.25) is 0 Å². The number of hydrogen-bond acceptors (Lipinski definition) is 2. The van der Waals surface area contributed by atoms with Crippen molar-refractivity contribution >= 4 is 0 Å². The topological polar surface area (TPSA) is 40.5 Å². The number of phenolic OH excluding ortho intramolecular Hbond substituents is 2. The average Bonchev–Trinajstić information content (AvgIpc) is 2.64. The van der Waals surface area contributed by atoms with Crippen molar-refractivity contribution in [2.75, 3.05) is 0 Å². The van der Waals surface area contributed by atoms with Crippen molar-refractivity contribution < 1.29 is 32.2 Å². The van der Waals surface area contributed by atoms with E-state index in [-0.39, 0.29) is 16.7 Å². The van der Waals surface area contributed by atoms with Crippen molar-refractivity contribution in [2.45, 2.75) is 25.4 Å². The van der Waals surface area contributed by atoms with Gasteiger partial charge in [0.15, 0.2) is 23.1 Å². The summed E-state index contributed by atoms with van der Waals surface area (Å²) in [6, 6.07) is 10.2. The van der Waals surface area contributed by atoms with Crippen molar-refractivity contribution in [3.63, 3.8) is 0 Å². The lowest BCUT2D eigenvalue weighted by Crippen LogP contribution is -2.29. The van der Waals surface area contributed by atoms with E-state index in [0.717, 1.165) is 30.3 Å². The van der Waals surface area contributed by atoms with E-state index in [1.165, 1.54) is 38.1 Å². The van der Waals surface area contributed by atoms with E-state index in [4.69, 9.17) is 0 Å². The van der Waals surface area contributed by atoms with Crippen LogP contribution in [0.25, 0.3) is 0 Å². The maximum Gasteiger partial charge on any atom is 0.416 e. The lowest BCUT2D eigenvalue weighted by Gasteiger charge is -2.34. The molecule has 0 heterocycles. The Labute approximate surface area is 163 Å². The summed E-state index contributed by atoms with van der Waals surface area (Å²) in [6.07, 6.45) is -4.71. The summed E-state index contributed by atoms with van der Waals surface area (Å²) < 4.78 is 69.7. The summed E-state index contributed by atoms with van der Waals surface area (Å²) in [4.78, 5) is 0. The van der Waals surface area contributed by atoms with Gasteiger partial charge in [0, 0.05) is 5.41 Å². The zero-order valence-electron chi connectivity index (χ0n) is 15.5. The van der Waals surface area contributed by atoms with E-state index >= 15 is 0 Å². The molecular formula is C22H17F5O2. The van der Waals surface area contributed by atoms with Crippen molar-refractivity contribution in [1.82, 2.24) is 0 Å². The van der Waals surface area contributed by atoms with Gasteiger partial charge in [-0.15, -0.1) is 0 Å². The number of hydrogen-bond donors (Lipinski definition) is 2. The molecule has 0 amide bonds. The van der Waals surface area contributed by atoms with Gasteiger partial charge in [0.05, 0.1) is 5.56 Å². The van der Waals surface area contributed by atoms with E-state index in [2.05, 4.69) is 0 Å². The van der Waals surface area contributed by atoms with Crippen molar-refractivity contribution in [2.24, 2.45) is 0 Å². The minimum atomic E-state index is -4.71. The molecule has 0 aliphatic heterocycles. The molecule has 0 saturated carbocycles. The van der Waals surface area contributed by atoms with Crippen LogP contribution >= 0.6 is 0 Å². The molecule has 2 N–H and O–H groups in total. The maximum absolute atomic E-state index is 14.1. The molecule has 0 aliphatic rings. The summed E-state index contributed by atoms with van der Waals surface area (Å²) in [5.41, 5.74) is -2.27. The summed E-state index contributed by atoms with van der Waals surface area (Å²) >= 11 is 0. The Hall–Kier alpha value is -3.09. The monoisotopic (exact) mass is 408 g/mol. The Kier molecular flexibility index (Phi) is 5.03. The molecule has 0 aromatic heterocycles. The molecule has 0 spiro atoms. The first-order valence-corrected chi connectivity index (χ1v) is 8.61. The largest absolute Gasteiger partial charge is 0.505 e. The molecule has 0 atom stereocenters. The van der Waals surface area contributed by atoms with Gasteiger partial charge >= 0.3 is 6.18 Å². The van der Waals surface area contributed by atoms with E-state index in [1.807, 2.05) is 0 Å². The smallest absolute Gasteiger partial charge is 0.416 e. The summed E-state index contributed by atoms with van der Waals surface area (Å²) in [7, 11) is 0. The summed E-state index contributed by atoms with van der Waals surface area (Å²) in [6.45, 7) is 2.92.